The van der Waals surface area contributed by atoms with Gasteiger partial charge in [-0.2, -0.15) is 0 Å². The lowest BCUT2D eigenvalue weighted by Gasteiger charge is -2.03. The van der Waals surface area contributed by atoms with Crippen LogP contribution in [0.25, 0.3) is 0 Å². The molecule has 5 heteroatoms. The lowest BCUT2D eigenvalue weighted by atomic mass is 10.2. The Morgan fingerprint density at radius 2 is 1.92 bits per heavy atom. The summed E-state index contributed by atoms with van der Waals surface area (Å²) in [5, 5.41) is 0.0820. The van der Waals surface area contributed by atoms with Gasteiger partial charge in [0.1, 0.15) is 5.82 Å². The smallest absolute Gasteiger partial charge is 0.205 e. The summed E-state index contributed by atoms with van der Waals surface area (Å²) < 4.78 is 36.9. The van der Waals surface area contributed by atoms with E-state index < -0.39 is 17.8 Å². The SMILES string of the molecule is Fc1c(Br)cc(Cl)cc1C(F)F. The first-order valence-corrected chi connectivity index (χ1v) is 4.12. The average molecular weight is 259 g/mol. The maximum absolute atomic E-state index is 12.8. The van der Waals surface area contributed by atoms with Gasteiger partial charge in [-0.3, -0.25) is 0 Å². The van der Waals surface area contributed by atoms with E-state index in [2.05, 4.69) is 15.9 Å². The molecular formula is C7H3BrClF3. The summed E-state index contributed by atoms with van der Waals surface area (Å²) in [5.41, 5.74) is -0.686. The Bertz CT molecular complexity index is 301. The topological polar surface area (TPSA) is 0 Å². The third-order valence-electron chi connectivity index (χ3n) is 1.26. The summed E-state index contributed by atoms with van der Waals surface area (Å²) in [4.78, 5) is 0. The molecule has 0 amide bonds. The van der Waals surface area contributed by atoms with Crippen LogP contribution < -0.4 is 0 Å². The van der Waals surface area contributed by atoms with Gasteiger partial charge in [0.15, 0.2) is 0 Å². The molecule has 0 aliphatic carbocycles. The van der Waals surface area contributed by atoms with Crippen LogP contribution in [0.1, 0.15) is 12.0 Å². The van der Waals surface area contributed by atoms with E-state index in [-0.39, 0.29) is 9.50 Å². The summed E-state index contributed by atoms with van der Waals surface area (Å²) >= 11 is 8.21. The van der Waals surface area contributed by atoms with Gasteiger partial charge in [0.2, 0.25) is 0 Å². The minimum absolute atomic E-state index is 0.0506. The van der Waals surface area contributed by atoms with Crippen LogP contribution in [-0.2, 0) is 0 Å². The van der Waals surface area contributed by atoms with E-state index in [1.807, 2.05) is 0 Å². The zero-order valence-corrected chi connectivity index (χ0v) is 7.96. The highest BCUT2D eigenvalue weighted by Crippen LogP contribution is 2.30. The molecule has 1 aromatic rings. The highest BCUT2D eigenvalue weighted by atomic mass is 79.9. The van der Waals surface area contributed by atoms with Crippen LogP contribution in [0.5, 0.6) is 0 Å². The Morgan fingerprint density at radius 1 is 1.33 bits per heavy atom. The fourth-order valence-electron chi connectivity index (χ4n) is 0.735. The highest BCUT2D eigenvalue weighted by molar-refractivity contribution is 9.10. The number of benzene rings is 1. The molecule has 0 radical (unpaired) electrons. The quantitative estimate of drug-likeness (QED) is 0.664. The first-order valence-electron chi connectivity index (χ1n) is 2.95. The lowest BCUT2D eigenvalue weighted by Crippen LogP contribution is -1.91. The molecule has 0 bridgehead atoms. The molecule has 12 heavy (non-hydrogen) atoms. The van der Waals surface area contributed by atoms with Crippen LogP contribution in [0.2, 0.25) is 5.02 Å². The summed E-state index contributed by atoms with van der Waals surface area (Å²) in [6, 6.07) is 2.13. The minimum atomic E-state index is -2.85. The van der Waals surface area contributed by atoms with E-state index in [1.165, 1.54) is 6.07 Å². The standard InChI is InChI=1S/C7H3BrClF3/c8-5-2-3(9)1-4(6(5)10)7(11)12/h1-2,7H. The van der Waals surface area contributed by atoms with Crippen LogP contribution in [0.15, 0.2) is 16.6 Å². The molecule has 0 nitrogen and oxygen atoms in total. The van der Waals surface area contributed by atoms with Gasteiger partial charge in [-0.05, 0) is 28.1 Å². The fourth-order valence-corrected chi connectivity index (χ4v) is 1.57. The molecule has 0 saturated heterocycles. The van der Waals surface area contributed by atoms with E-state index in [0.29, 0.717) is 0 Å². The minimum Gasteiger partial charge on any atom is -0.205 e. The van der Waals surface area contributed by atoms with E-state index in [4.69, 9.17) is 11.6 Å². The third-order valence-corrected chi connectivity index (χ3v) is 2.05. The summed E-state index contributed by atoms with van der Waals surface area (Å²) in [6.45, 7) is 0. The zero-order chi connectivity index (χ0) is 9.30. The van der Waals surface area contributed by atoms with Gasteiger partial charge in [0.25, 0.3) is 6.43 Å². The number of alkyl halides is 2. The Balaban J connectivity index is 3.28. The van der Waals surface area contributed by atoms with Gasteiger partial charge < -0.3 is 0 Å². The second kappa shape index (κ2) is 3.66. The zero-order valence-electron chi connectivity index (χ0n) is 5.62. The van der Waals surface area contributed by atoms with Gasteiger partial charge in [-0.1, -0.05) is 11.6 Å². The van der Waals surface area contributed by atoms with Gasteiger partial charge in [-0.25, -0.2) is 13.2 Å². The predicted molar refractivity (Wildman–Crippen MR) is 44.1 cm³/mol. The van der Waals surface area contributed by atoms with Crippen molar-refractivity contribution in [3.05, 3.63) is 33.0 Å². The average Bonchev–Trinajstić information content (AvgIpc) is 1.96. The number of hydrogen-bond acceptors (Lipinski definition) is 0. The van der Waals surface area contributed by atoms with Crippen molar-refractivity contribution in [1.29, 1.82) is 0 Å². The van der Waals surface area contributed by atoms with Crippen molar-refractivity contribution in [3.8, 4) is 0 Å². The first kappa shape index (κ1) is 9.86. The molecule has 0 saturated carbocycles. The van der Waals surface area contributed by atoms with Crippen LogP contribution in [0.3, 0.4) is 0 Å². The van der Waals surface area contributed by atoms with Gasteiger partial charge >= 0.3 is 0 Å². The molecule has 0 N–H and O–H groups in total. The molecular weight excluding hydrogens is 256 g/mol. The van der Waals surface area contributed by atoms with Crippen LogP contribution >= 0.6 is 27.5 Å². The van der Waals surface area contributed by atoms with Gasteiger partial charge in [0.05, 0.1) is 10.0 Å². The van der Waals surface area contributed by atoms with Crippen LogP contribution in [0, 0.1) is 5.82 Å². The lowest BCUT2D eigenvalue weighted by molar-refractivity contribution is 0.146. The van der Waals surface area contributed by atoms with Gasteiger partial charge in [0, 0.05) is 5.02 Å². The molecule has 0 aromatic heterocycles. The molecule has 0 fully saturated rings. The van der Waals surface area contributed by atoms with E-state index in [0.717, 1.165) is 6.07 Å². The maximum atomic E-state index is 12.8. The largest absolute Gasteiger partial charge is 0.266 e. The Morgan fingerprint density at radius 3 is 2.42 bits per heavy atom. The molecule has 66 valence electrons. The molecule has 0 unspecified atom stereocenters. The summed E-state index contributed by atoms with van der Waals surface area (Å²) in [6.07, 6.45) is -2.85. The number of rotatable bonds is 1. The molecule has 1 aromatic carbocycles. The van der Waals surface area contributed by atoms with Crippen molar-refractivity contribution in [2.45, 2.75) is 6.43 Å². The Hall–Kier alpha value is -0.220. The maximum Gasteiger partial charge on any atom is 0.266 e. The molecule has 0 atom stereocenters. The molecule has 1 rings (SSSR count). The normalized spacial score (nSPS) is 10.8. The second-order valence-corrected chi connectivity index (χ2v) is 3.38. The van der Waals surface area contributed by atoms with Crippen molar-refractivity contribution in [3.63, 3.8) is 0 Å². The summed E-state index contributed by atoms with van der Waals surface area (Å²) in [7, 11) is 0. The molecule has 0 spiro atoms. The predicted octanol–water partition coefficient (Wildman–Crippen LogP) is 4.18. The van der Waals surface area contributed by atoms with E-state index in [1.54, 1.807) is 0 Å². The van der Waals surface area contributed by atoms with Crippen molar-refractivity contribution >= 4 is 27.5 Å². The monoisotopic (exact) mass is 258 g/mol. The van der Waals surface area contributed by atoms with Crippen LogP contribution in [-0.4, -0.2) is 0 Å². The first-order chi connectivity index (χ1) is 5.52. The second-order valence-electron chi connectivity index (χ2n) is 2.09. The Labute approximate surface area is 80.5 Å². The number of halogens is 5. The third kappa shape index (κ3) is 1.93. The van der Waals surface area contributed by atoms with Gasteiger partial charge in [-0.15, -0.1) is 0 Å². The fraction of sp³-hybridized carbons (Fsp3) is 0.143. The molecule has 0 heterocycles. The van der Waals surface area contributed by atoms with Crippen molar-refractivity contribution < 1.29 is 13.2 Å². The van der Waals surface area contributed by atoms with Crippen molar-refractivity contribution in [2.75, 3.05) is 0 Å². The molecule has 0 aliphatic heterocycles. The number of hydrogen-bond donors (Lipinski definition) is 0. The van der Waals surface area contributed by atoms with E-state index in [9.17, 15) is 13.2 Å². The Kier molecular flexibility index (Phi) is 3.01. The van der Waals surface area contributed by atoms with Crippen molar-refractivity contribution in [1.82, 2.24) is 0 Å². The molecule has 0 aliphatic rings. The van der Waals surface area contributed by atoms with Crippen LogP contribution in [0.4, 0.5) is 13.2 Å². The highest BCUT2D eigenvalue weighted by Gasteiger charge is 2.16. The van der Waals surface area contributed by atoms with E-state index >= 15 is 0 Å². The van der Waals surface area contributed by atoms with Crippen molar-refractivity contribution in [2.24, 2.45) is 0 Å². The summed E-state index contributed by atoms with van der Waals surface area (Å²) in [5.74, 6) is -0.964.